The molecule has 1 aromatic carbocycles. The minimum absolute atomic E-state index is 0.0392. The summed E-state index contributed by atoms with van der Waals surface area (Å²) in [5, 5.41) is 6.17. The average molecular weight is 561 g/mol. The summed E-state index contributed by atoms with van der Waals surface area (Å²) in [6.45, 7) is 9.84. The van der Waals surface area contributed by atoms with Crippen LogP contribution in [-0.4, -0.2) is 72.8 Å². The molecule has 0 bridgehead atoms. The molecule has 3 aliphatic rings. The summed E-state index contributed by atoms with van der Waals surface area (Å²) in [7, 11) is -3.59. The van der Waals surface area contributed by atoms with Gasteiger partial charge in [-0.3, -0.25) is 14.4 Å². The van der Waals surface area contributed by atoms with Gasteiger partial charge >= 0.3 is 0 Å². The second kappa shape index (κ2) is 11.2. The molecule has 2 fully saturated rings. The van der Waals surface area contributed by atoms with Gasteiger partial charge < -0.3 is 15.5 Å². The molecular weight excluding hydrogens is 516 g/mol. The lowest BCUT2D eigenvalue weighted by Gasteiger charge is -2.37. The van der Waals surface area contributed by atoms with Gasteiger partial charge in [0.15, 0.2) is 0 Å². The zero-order valence-electron chi connectivity index (χ0n) is 24.1. The molecule has 2 N–H and O–H groups in total. The minimum Gasteiger partial charge on any atom is -0.349 e. The molecule has 1 aliphatic carbocycles. The lowest BCUT2D eigenvalue weighted by molar-refractivity contribution is -0.142. The molecule has 0 aromatic heterocycles. The van der Waals surface area contributed by atoms with E-state index in [9.17, 15) is 22.8 Å². The fourth-order valence-corrected chi connectivity index (χ4v) is 7.53. The molecule has 0 saturated carbocycles. The third-order valence-electron chi connectivity index (χ3n) is 8.77. The third kappa shape index (κ3) is 6.01. The van der Waals surface area contributed by atoms with Crippen molar-refractivity contribution < 1.29 is 22.8 Å². The van der Waals surface area contributed by atoms with Crippen molar-refractivity contribution in [3.05, 3.63) is 35.4 Å². The van der Waals surface area contributed by atoms with Crippen LogP contribution in [0.15, 0.2) is 24.3 Å². The van der Waals surface area contributed by atoms with Gasteiger partial charge in [-0.25, -0.2) is 8.42 Å². The van der Waals surface area contributed by atoms with Gasteiger partial charge in [0.05, 0.1) is 24.3 Å². The molecule has 4 rings (SSSR count). The highest BCUT2D eigenvalue weighted by atomic mass is 32.2. The summed E-state index contributed by atoms with van der Waals surface area (Å²) >= 11 is 0. The number of amides is 3. The summed E-state index contributed by atoms with van der Waals surface area (Å²) in [5.41, 5.74) is 1.75. The Kier molecular flexibility index (Phi) is 8.47. The highest BCUT2D eigenvalue weighted by Crippen LogP contribution is 2.39. The molecule has 3 amide bonds. The number of hydrogen-bond acceptors (Lipinski definition) is 5. The number of hydrogen-bond donors (Lipinski definition) is 2. The fourth-order valence-electron chi connectivity index (χ4n) is 6.38. The molecule has 39 heavy (non-hydrogen) atoms. The van der Waals surface area contributed by atoms with Crippen molar-refractivity contribution in [1.82, 2.24) is 19.8 Å². The van der Waals surface area contributed by atoms with E-state index in [1.54, 1.807) is 4.90 Å². The second-order valence-corrected chi connectivity index (χ2v) is 14.5. The second-order valence-electron chi connectivity index (χ2n) is 12.6. The average Bonchev–Trinajstić information content (AvgIpc) is 3.46. The summed E-state index contributed by atoms with van der Waals surface area (Å²) < 4.78 is 26.9. The van der Waals surface area contributed by atoms with E-state index < -0.39 is 39.5 Å². The van der Waals surface area contributed by atoms with E-state index in [1.807, 2.05) is 52.8 Å². The van der Waals surface area contributed by atoms with E-state index in [0.717, 1.165) is 31.1 Å². The van der Waals surface area contributed by atoms with Crippen molar-refractivity contribution in [3.8, 4) is 0 Å². The van der Waals surface area contributed by atoms with E-state index >= 15 is 0 Å². The number of carbonyl (C=O) groups is 3. The molecule has 6 atom stereocenters. The molecule has 9 nitrogen and oxygen atoms in total. The SMILES string of the molecule is CC[C@@H](C)C(=O)N[C@H](C(=O)N1CC[C@@H]2[C@H]1[C@@H](C(=O)N[C@@H]1CCCc3ccccc31)CN2S(C)(=O)=O)C(C)(C)C. The fraction of sp³-hybridized carbons (Fsp3) is 0.690. The van der Waals surface area contributed by atoms with Crippen LogP contribution in [0.2, 0.25) is 0 Å². The molecular formula is C29H44N4O5S. The molecule has 2 heterocycles. The molecule has 216 valence electrons. The predicted octanol–water partition coefficient (Wildman–Crippen LogP) is 2.62. The van der Waals surface area contributed by atoms with E-state index in [1.165, 1.54) is 9.87 Å². The number of aryl methyl sites for hydroxylation is 1. The Morgan fingerprint density at radius 3 is 2.46 bits per heavy atom. The van der Waals surface area contributed by atoms with Crippen molar-refractivity contribution in [2.75, 3.05) is 19.3 Å². The van der Waals surface area contributed by atoms with Crippen LogP contribution in [0.4, 0.5) is 0 Å². The van der Waals surface area contributed by atoms with Gasteiger partial charge in [0.25, 0.3) is 0 Å². The minimum atomic E-state index is -3.59. The molecule has 0 spiro atoms. The quantitative estimate of drug-likeness (QED) is 0.532. The van der Waals surface area contributed by atoms with Crippen LogP contribution in [0, 0.1) is 17.3 Å². The first kappa shape index (κ1) is 29.5. The largest absolute Gasteiger partial charge is 0.349 e. The molecule has 0 radical (unpaired) electrons. The topological polar surface area (TPSA) is 116 Å². The number of nitrogens with zero attached hydrogens (tertiary/aromatic N) is 2. The standard InChI is InChI=1S/C29H44N4O5S/c1-7-18(2)26(34)31-25(29(3,4)5)28(36)32-16-15-23-24(32)21(17-33(23)39(6,37)38)27(35)30-22-14-10-12-19-11-8-9-13-20(19)22/h8-9,11,13,18,21-25H,7,10,12,14-17H2,1-6H3,(H,30,35)(H,31,34)/t18-,21+,22-,23-,24-,25-/m1/s1. The van der Waals surface area contributed by atoms with Crippen molar-refractivity contribution in [1.29, 1.82) is 0 Å². The summed E-state index contributed by atoms with van der Waals surface area (Å²) in [4.78, 5) is 42.4. The Labute approximate surface area is 233 Å². The van der Waals surface area contributed by atoms with E-state index in [-0.39, 0.29) is 36.2 Å². The first-order valence-corrected chi connectivity index (χ1v) is 16.0. The highest BCUT2D eigenvalue weighted by molar-refractivity contribution is 7.88. The normalized spacial score (nSPS) is 26.9. The Morgan fingerprint density at radius 2 is 1.82 bits per heavy atom. The number of likely N-dealkylation sites (tertiary alicyclic amines) is 1. The van der Waals surface area contributed by atoms with Crippen molar-refractivity contribution in [2.45, 2.75) is 90.9 Å². The van der Waals surface area contributed by atoms with E-state index in [0.29, 0.717) is 19.4 Å². The highest BCUT2D eigenvalue weighted by Gasteiger charge is 2.56. The van der Waals surface area contributed by atoms with Crippen molar-refractivity contribution >= 4 is 27.7 Å². The number of fused-ring (bicyclic) bond motifs is 2. The number of nitrogens with one attached hydrogen (secondary N) is 2. The van der Waals surface area contributed by atoms with Crippen LogP contribution in [0.1, 0.15) is 77.5 Å². The van der Waals surface area contributed by atoms with Crippen molar-refractivity contribution in [2.24, 2.45) is 17.3 Å². The number of sulfonamides is 1. The number of carbonyl (C=O) groups excluding carboxylic acids is 3. The first-order valence-electron chi connectivity index (χ1n) is 14.2. The van der Waals surface area contributed by atoms with Crippen LogP contribution in [0.5, 0.6) is 0 Å². The molecule has 2 saturated heterocycles. The van der Waals surface area contributed by atoms with Gasteiger partial charge in [-0.05, 0) is 48.6 Å². The number of benzene rings is 1. The van der Waals surface area contributed by atoms with Crippen LogP contribution >= 0.6 is 0 Å². The van der Waals surface area contributed by atoms with Gasteiger partial charge in [0.1, 0.15) is 6.04 Å². The van der Waals surface area contributed by atoms with E-state index in [4.69, 9.17) is 0 Å². The van der Waals surface area contributed by atoms with Gasteiger partial charge in [-0.2, -0.15) is 4.31 Å². The molecule has 10 heteroatoms. The Hall–Kier alpha value is -2.46. The van der Waals surface area contributed by atoms with Crippen LogP contribution in [-0.2, 0) is 30.8 Å². The van der Waals surface area contributed by atoms with Gasteiger partial charge in [0, 0.05) is 25.0 Å². The molecule has 0 unspecified atom stereocenters. The zero-order chi connectivity index (χ0) is 28.7. The Balaban J connectivity index is 1.62. The maximum Gasteiger partial charge on any atom is 0.246 e. The van der Waals surface area contributed by atoms with Gasteiger partial charge in [0.2, 0.25) is 27.7 Å². The maximum absolute atomic E-state index is 14.1. The maximum atomic E-state index is 14.1. The number of rotatable bonds is 7. The van der Waals surface area contributed by atoms with Crippen LogP contribution in [0.3, 0.4) is 0 Å². The predicted molar refractivity (Wildman–Crippen MR) is 150 cm³/mol. The Morgan fingerprint density at radius 1 is 1.13 bits per heavy atom. The first-order chi connectivity index (χ1) is 18.2. The Bertz CT molecular complexity index is 1210. The lowest BCUT2D eigenvalue weighted by atomic mass is 9.84. The van der Waals surface area contributed by atoms with Gasteiger partial charge in [-0.15, -0.1) is 0 Å². The monoisotopic (exact) mass is 560 g/mol. The zero-order valence-corrected chi connectivity index (χ0v) is 24.9. The lowest BCUT2D eigenvalue weighted by Crippen LogP contribution is -2.58. The molecule has 2 aliphatic heterocycles. The van der Waals surface area contributed by atoms with Crippen LogP contribution in [0.25, 0.3) is 0 Å². The van der Waals surface area contributed by atoms with Crippen LogP contribution < -0.4 is 10.6 Å². The molecule has 1 aromatic rings. The van der Waals surface area contributed by atoms with Gasteiger partial charge in [-0.1, -0.05) is 58.9 Å². The summed E-state index contributed by atoms with van der Waals surface area (Å²) in [5.74, 6) is -1.61. The van der Waals surface area contributed by atoms with E-state index in [2.05, 4.69) is 16.7 Å². The summed E-state index contributed by atoms with van der Waals surface area (Å²) in [6, 6.07) is 6.11. The smallest absolute Gasteiger partial charge is 0.246 e. The summed E-state index contributed by atoms with van der Waals surface area (Å²) in [6.07, 6.45) is 5.02. The third-order valence-corrected chi connectivity index (χ3v) is 10.0. The van der Waals surface area contributed by atoms with Crippen molar-refractivity contribution in [3.63, 3.8) is 0 Å².